The fourth-order valence-corrected chi connectivity index (χ4v) is 1.36. The Hall–Kier alpha value is -1.30. The largest absolute Gasteiger partial charge is 0.481 e. The fourth-order valence-electron chi connectivity index (χ4n) is 1.36. The third kappa shape index (κ3) is 5.55. The number of hydrogen-bond donors (Lipinski definition) is 2. The smallest absolute Gasteiger partial charge is 0.317 e. The second kappa shape index (κ2) is 7.92. The summed E-state index contributed by atoms with van der Waals surface area (Å²) in [6.07, 6.45) is -0.0675. The lowest BCUT2D eigenvalue weighted by molar-refractivity contribution is -0.136. The number of nitrogens with zero attached hydrogens (tertiary/aromatic N) is 1. The van der Waals surface area contributed by atoms with Crippen molar-refractivity contribution in [2.24, 2.45) is 0 Å². The molecule has 0 aliphatic carbocycles. The molecule has 6 heteroatoms. The van der Waals surface area contributed by atoms with E-state index in [1.54, 1.807) is 12.0 Å². The standard InChI is InChI=1S/C10H20N2O4/c1-4-12(8(2)7-16-3)10(15)11-6-5-9(13)14/h8H,4-7H2,1-3H3,(H,11,15)(H,13,14). The van der Waals surface area contributed by atoms with Gasteiger partial charge in [0.15, 0.2) is 0 Å². The Kier molecular flexibility index (Phi) is 7.28. The highest BCUT2D eigenvalue weighted by atomic mass is 16.5. The minimum atomic E-state index is -0.923. The van der Waals surface area contributed by atoms with Gasteiger partial charge in [-0.1, -0.05) is 0 Å². The van der Waals surface area contributed by atoms with Gasteiger partial charge in [0.25, 0.3) is 0 Å². The molecule has 2 N–H and O–H groups in total. The highest BCUT2D eigenvalue weighted by molar-refractivity contribution is 5.75. The van der Waals surface area contributed by atoms with Gasteiger partial charge in [0.2, 0.25) is 0 Å². The zero-order valence-corrected chi connectivity index (χ0v) is 10.0. The molecule has 0 fully saturated rings. The number of rotatable bonds is 7. The van der Waals surface area contributed by atoms with Crippen molar-refractivity contribution in [3.05, 3.63) is 0 Å². The van der Waals surface area contributed by atoms with Crippen LogP contribution in [0.3, 0.4) is 0 Å². The topological polar surface area (TPSA) is 78.9 Å². The van der Waals surface area contributed by atoms with E-state index in [-0.39, 0.29) is 25.0 Å². The van der Waals surface area contributed by atoms with Crippen LogP contribution in [-0.2, 0) is 9.53 Å². The molecule has 1 unspecified atom stereocenters. The molecule has 0 bridgehead atoms. The fraction of sp³-hybridized carbons (Fsp3) is 0.800. The summed E-state index contributed by atoms with van der Waals surface area (Å²) in [5, 5.41) is 11.0. The van der Waals surface area contributed by atoms with Crippen molar-refractivity contribution in [3.63, 3.8) is 0 Å². The number of urea groups is 1. The number of ether oxygens (including phenoxy) is 1. The molecule has 0 aromatic carbocycles. The Balaban J connectivity index is 4.05. The van der Waals surface area contributed by atoms with Gasteiger partial charge in [-0.05, 0) is 13.8 Å². The van der Waals surface area contributed by atoms with E-state index < -0.39 is 5.97 Å². The molecule has 0 aromatic heterocycles. The van der Waals surface area contributed by atoms with Gasteiger partial charge in [-0.25, -0.2) is 4.79 Å². The number of likely N-dealkylation sites (N-methyl/N-ethyl adjacent to an activating group) is 1. The first kappa shape index (κ1) is 14.7. The molecule has 0 spiro atoms. The highest BCUT2D eigenvalue weighted by Gasteiger charge is 2.17. The minimum absolute atomic E-state index is 0.0279. The molecule has 0 rings (SSSR count). The number of carboxylic acid groups (broad SMARTS) is 1. The molecule has 2 amide bonds. The number of hydrogen-bond acceptors (Lipinski definition) is 3. The summed E-state index contributed by atoms with van der Waals surface area (Å²) in [4.78, 5) is 23.5. The Morgan fingerprint density at radius 1 is 1.50 bits per heavy atom. The molecular formula is C10H20N2O4. The van der Waals surface area contributed by atoms with E-state index in [2.05, 4.69) is 5.32 Å². The Morgan fingerprint density at radius 3 is 2.56 bits per heavy atom. The Labute approximate surface area is 95.6 Å². The van der Waals surface area contributed by atoms with E-state index in [1.807, 2.05) is 13.8 Å². The van der Waals surface area contributed by atoms with Gasteiger partial charge in [-0.2, -0.15) is 0 Å². The number of carbonyl (C=O) groups is 2. The van der Waals surface area contributed by atoms with Gasteiger partial charge >= 0.3 is 12.0 Å². The summed E-state index contributed by atoms with van der Waals surface area (Å²) in [7, 11) is 1.58. The SMILES string of the molecule is CCN(C(=O)NCCC(=O)O)C(C)COC. The molecular weight excluding hydrogens is 212 g/mol. The van der Waals surface area contributed by atoms with Crippen molar-refractivity contribution in [1.29, 1.82) is 0 Å². The number of carbonyl (C=O) groups excluding carboxylic acids is 1. The predicted octanol–water partition coefficient (Wildman–Crippen LogP) is 0.527. The van der Waals surface area contributed by atoms with Gasteiger partial charge in [0.1, 0.15) is 0 Å². The van der Waals surface area contributed by atoms with E-state index in [9.17, 15) is 9.59 Å². The van der Waals surface area contributed by atoms with E-state index in [0.717, 1.165) is 0 Å². The molecule has 0 saturated heterocycles. The van der Waals surface area contributed by atoms with Crippen LogP contribution in [0.25, 0.3) is 0 Å². The number of nitrogens with one attached hydrogen (secondary N) is 1. The summed E-state index contributed by atoms with van der Waals surface area (Å²) in [6.45, 7) is 4.90. The minimum Gasteiger partial charge on any atom is -0.481 e. The van der Waals surface area contributed by atoms with Crippen LogP contribution < -0.4 is 5.32 Å². The van der Waals surface area contributed by atoms with Crippen LogP contribution in [0.15, 0.2) is 0 Å². The molecule has 16 heavy (non-hydrogen) atoms. The first-order valence-corrected chi connectivity index (χ1v) is 5.28. The lowest BCUT2D eigenvalue weighted by Gasteiger charge is -2.27. The quantitative estimate of drug-likeness (QED) is 0.671. The van der Waals surface area contributed by atoms with Crippen molar-refractivity contribution in [3.8, 4) is 0 Å². The molecule has 94 valence electrons. The number of methoxy groups -OCH3 is 1. The Morgan fingerprint density at radius 2 is 2.12 bits per heavy atom. The second-order valence-corrected chi connectivity index (χ2v) is 3.47. The molecule has 0 aliphatic heterocycles. The maximum absolute atomic E-state index is 11.6. The van der Waals surface area contributed by atoms with Gasteiger partial charge < -0.3 is 20.1 Å². The zero-order valence-electron chi connectivity index (χ0n) is 10.0. The number of carboxylic acids is 1. The van der Waals surface area contributed by atoms with Crippen LogP contribution >= 0.6 is 0 Å². The second-order valence-electron chi connectivity index (χ2n) is 3.47. The molecule has 0 aromatic rings. The van der Waals surface area contributed by atoms with Crippen LogP contribution in [0, 0.1) is 0 Å². The number of amides is 2. The Bertz CT molecular complexity index is 233. The maximum Gasteiger partial charge on any atom is 0.317 e. The number of aliphatic carboxylic acids is 1. The van der Waals surface area contributed by atoms with Crippen molar-refractivity contribution in [2.45, 2.75) is 26.3 Å². The van der Waals surface area contributed by atoms with Crippen molar-refractivity contribution < 1.29 is 19.4 Å². The van der Waals surface area contributed by atoms with E-state index in [1.165, 1.54) is 0 Å². The van der Waals surface area contributed by atoms with Crippen molar-refractivity contribution >= 4 is 12.0 Å². The molecule has 0 aliphatic rings. The van der Waals surface area contributed by atoms with Gasteiger partial charge in [0.05, 0.1) is 19.1 Å². The lowest BCUT2D eigenvalue weighted by atomic mass is 10.3. The van der Waals surface area contributed by atoms with E-state index >= 15 is 0 Å². The van der Waals surface area contributed by atoms with E-state index in [4.69, 9.17) is 9.84 Å². The van der Waals surface area contributed by atoms with Gasteiger partial charge in [0, 0.05) is 20.2 Å². The lowest BCUT2D eigenvalue weighted by Crippen LogP contribution is -2.47. The molecule has 6 nitrogen and oxygen atoms in total. The van der Waals surface area contributed by atoms with Crippen LogP contribution in [0.5, 0.6) is 0 Å². The van der Waals surface area contributed by atoms with Crippen molar-refractivity contribution in [1.82, 2.24) is 10.2 Å². The summed E-state index contributed by atoms with van der Waals surface area (Å²) >= 11 is 0. The molecule has 0 saturated carbocycles. The first-order chi connectivity index (χ1) is 7.52. The van der Waals surface area contributed by atoms with Gasteiger partial charge in [-0.3, -0.25) is 4.79 Å². The van der Waals surface area contributed by atoms with Crippen LogP contribution in [-0.4, -0.2) is 54.9 Å². The summed E-state index contributed by atoms with van der Waals surface area (Å²) in [5.41, 5.74) is 0. The maximum atomic E-state index is 11.6. The molecule has 1 atom stereocenters. The average molecular weight is 232 g/mol. The van der Waals surface area contributed by atoms with Crippen molar-refractivity contribution in [2.75, 3.05) is 26.8 Å². The molecule has 0 heterocycles. The van der Waals surface area contributed by atoms with Crippen LogP contribution in [0.4, 0.5) is 4.79 Å². The summed E-state index contributed by atoms with van der Waals surface area (Å²) in [5.74, 6) is -0.923. The first-order valence-electron chi connectivity index (χ1n) is 5.28. The van der Waals surface area contributed by atoms with Crippen LogP contribution in [0.1, 0.15) is 20.3 Å². The van der Waals surface area contributed by atoms with Gasteiger partial charge in [-0.15, -0.1) is 0 Å². The summed E-state index contributed by atoms with van der Waals surface area (Å²) in [6, 6.07) is -0.284. The summed E-state index contributed by atoms with van der Waals surface area (Å²) < 4.78 is 4.96. The molecule has 0 radical (unpaired) electrons. The predicted molar refractivity (Wildman–Crippen MR) is 59.4 cm³/mol. The third-order valence-corrected chi connectivity index (χ3v) is 2.16. The van der Waals surface area contributed by atoms with E-state index in [0.29, 0.717) is 13.2 Å². The normalized spacial score (nSPS) is 11.9. The van der Waals surface area contributed by atoms with Crippen LogP contribution in [0.2, 0.25) is 0 Å². The zero-order chi connectivity index (χ0) is 12.6. The third-order valence-electron chi connectivity index (χ3n) is 2.16. The average Bonchev–Trinajstić information content (AvgIpc) is 2.18. The highest BCUT2D eigenvalue weighted by Crippen LogP contribution is 1.99. The monoisotopic (exact) mass is 232 g/mol.